The maximum absolute atomic E-state index is 5.36. The van der Waals surface area contributed by atoms with Crippen LogP contribution in [0.4, 0.5) is 5.69 Å². The summed E-state index contributed by atoms with van der Waals surface area (Å²) in [6.07, 6.45) is 2.00. The molecule has 0 unspecified atom stereocenters. The monoisotopic (exact) mass is 493 g/mol. The molecule has 21 heavy (non-hydrogen) atoms. The number of nitrogens with one attached hydrogen (secondary N) is 1. The van der Waals surface area contributed by atoms with E-state index in [1.807, 2.05) is 28.1 Å². The van der Waals surface area contributed by atoms with E-state index in [-0.39, 0.29) is 0 Å². The predicted molar refractivity (Wildman–Crippen MR) is 96.5 cm³/mol. The highest BCUT2D eigenvalue weighted by Gasteiger charge is 2.15. The molecule has 0 aliphatic heterocycles. The van der Waals surface area contributed by atoms with Gasteiger partial charge in [-0.2, -0.15) is 4.98 Å². The zero-order valence-electron chi connectivity index (χ0n) is 10.9. The summed E-state index contributed by atoms with van der Waals surface area (Å²) in [6, 6.07) is 4.00. The Morgan fingerprint density at radius 3 is 2.67 bits per heavy atom. The minimum absolute atomic E-state index is 0.611. The standard InChI is InChI=1S/C13H10Br3N3OS/c1-20-12-10(19-2-3-21-13(19)18-12)6-17-11-8(15)4-7(14)5-9(11)16/h2-5,17H,6H2,1H3. The molecule has 2 aromatic heterocycles. The number of rotatable bonds is 4. The van der Waals surface area contributed by atoms with Crippen molar-refractivity contribution in [2.24, 2.45) is 0 Å². The van der Waals surface area contributed by atoms with Gasteiger partial charge in [-0.1, -0.05) is 15.9 Å². The third kappa shape index (κ3) is 2.99. The van der Waals surface area contributed by atoms with Gasteiger partial charge in [0.25, 0.3) is 0 Å². The zero-order valence-corrected chi connectivity index (χ0v) is 16.4. The van der Waals surface area contributed by atoms with Gasteiger partial charge in [0.05, 0.1) is 19.3 Å². The fourth-order valence-corrected chi connectivity index (χ4v) is 5.28. The molecule has 0 radical (unpaired) electrons. The van der Waals surface area contributed by atoms with Crippen molar-refractivity contribution in [3.05, 3.63) is 42.8 Å². The van der Waals surface area contributed by atoms with E-state index in [0.717, 1.165) is 29.8 Å². The van der Waals surface area contributed by atoms with Crippen LogP contribution in [-0.2, 0) is 6.54 Å². The van der Waals surface area contributed by atoms with Gasteiger partial charge >= 0.3 is 0 Å². The van der Waals surface area contributed by atoms with Crippen molar-refractivity contribution in [2.45, 2.75) is 6.54 Å². The van der Waals surface area contributed by atoms with E-state index in [0.29, 0.717) is 12.4 Å². The summed E-state index contributed by atoms with van der Waals surface area (Å²) in [7, 11) is 1.64. The summed E-state index contributed by atoms with van der Waals surface area (Å²) >= 11 is 12.2. The molecule has 0 saturated carbocycles. The average Bonchev–Trinajstić information content (AvgIpc) is 2.98. The van der Waals surface area contributed by atoms with Crippen molar-refractivity contribution in [2.75, 3.05) is 12.4 Å². The number of nitrogens with zero attached hydrogens (tertiary/aromatic N) is 2. The van der Waals surface area contributed by atoms with E-state index in [4.69, 9.17) is 4.74 Å². The number of anilines is 1. The second-order valence-corrected chi connectivity index (χ2v) is 7.72. The SMILES string of the molecule is COc1nc2sccn2c1CNc1c(Br)cc(Br)cc1Br. The molecule has 8 heteroatoms. The molecule has 110 valence electrons. The van der Waals surface area contributed by atoms with E-state index in [9.17, 15) is 0 Å². The van der Waals surface area contributed by atoms with Crippen molar-refractivity contribution in [1.29, 1.82) is 0 Å². The van der Waals surface area contributed by atoms with Gasteiger partial charge in [-0.3, -0.25) is 4.40 Å². The Labute approximate surface area is 150 Å². The summed E-state index contributed by atoms with van der Waals surface area (Å²) in [5.41, 5.74) is 1.99. The minimum atomic E-state index is 0.611. The van der Waals surface area contributed by atoms with E-state index in [2.05, 4.69) is 58.1 Å². The maximum atomic E-state index is 5.36. The number of ether oxygens (including phenoxy) is 1. The lowest BCUT2D eigenvalue weighted by Gasteiger charge is -2.11. The quantitative estimate of drug-likeness (QED) is 0.533. The summed E-state index contributed by atoms with van der Waals surface area (Å²) in [6.45, 7) is 0.611. The molecule has 0 saturated heterocycles. The smallest absolute Gasteiger partial charge is 0.238 e. The second-order valence-electron chi connectivity index (χ2n) is 4.22. The number of imidazole rings is 1. The Hall–Kier alpha value is -0.570. The fraction of sp³-hybridized carbons (Fsp3) is 0.154. The highest BCUT2D eigenvalue weighted by atomic mass is 79.9. The Kier molecular flexibility index (Phi) is 4.58. The van der Waals surface area contributed by atoms with Crippen LogP contribution in [0.3, 0.4) is 0 Å². The topological polar surface area (TPSA) is 38.6 Å². The Morgan fingerprint density at radius 1 is 1.29 bits per heavy atom. The Balaban J connectivity index is 1.91. The molecule has 3 aromatic rings. The molecule has 0 bridgehead atoms. The molecule has 0 aliphatic carbocycles. The van der Waals surface area contributed by atoms with Crippen LogP contribution in [0.25, 0.3) is 4.96 Å². The van der Waals surface area contributed by atoms with Crippen molar-refractivity contribution in [3.8, 4) is 5.88 Å². The molecular formula is C13H10Br3N3OS. The molecule has 0 spiro atoms. The maximum Gasteiger partial charge on any atom is 0.238 e. The van der Waals surface area contributed by atoms with E-state index < -0.39 is 0 Å². The van der Waals surface area contributed by atoms with Crippen molar-refractivity contribution in [1.82, 2.24) is 9.38 Å². The highest BCUT2D eigenvalue weighted by molar-refractivity contribution is 9.11. The van der Waals surface area contributed by atoms with Crippen LogP contribution in [0, 0.1) is 0 Å². The molecular weight excluding hydrogens is 486 g/mol. The number of hydrogen-bond acceptors (Lipinski definition) is 4. The van der Waals surface area contributed by atoms with Crippen LogP contribution in [-0.4, -0.2) is 16.5 Å². The molecule has 0 fully saturated rings. The number of fused-ring (bicyclic) bond motifs is 1. The summed E-state index contributed by atoms with van der Waals surface area (Å²) in [5.74, 6) is 0.652. The zero-order chi connectivity index (χ0) is 15.0. The lowest BCUT2D eigenvalue weighted by atomic mass is 10.3. The fourth-order valence-electron chi connectivity index (χ4n) is 2.02. The predicted octanol–water partition coefficient (Wildman–Crippen LogP) is 5.30. The van der Waals surface area contributed by atoms with Crippen molar-refractivity contribution in [3.63, 3.8) is 0 Å². The normalized spacial score (nSPS) is 11.0. The first-order valence-electron chi connectivity index (χ1n) is 5.97. The second kappa shape index (κ2) is 6.28. The van der Waals surface area contributed by atoms with Gasteiger partial charge in [0.1, 0.15) is 5.69 Å². The van der Waals surface area contributed by atoms with Gasteiger partial charge in [0, 0.05) is 25.0 Å². The van der Waals surface area contributed by atoms with Gasteiger partial charge in [0.2, 0.25) is 5.88 Å². The number of benzene rings is 1. The number of thiazole rings is 1. The Bertz CT molecular complexity index is 776. The largest absolute Gasteiger partial charge is 0.480 e. The molecule has 0 amide bonds. The lowest BCUT2D eigenvalue weighted by molar-refractivity contribution is 0.395. The van der Waals surface area contributed by atoms with Crippen LogP contribution in [0.15, 0.2) is 37.1 Å². The van der Waals surface area contributed by atoms with Gasteiger partial charge in [-0.15, -0.1) is 11.3 Å². The number of aromatic nitrogens is 2. The third-order valence-electron chi connectivity index (χ3n) is 2.96. The molecule has 0 aliphatic rings. The van der Waals surface area contributed by atoms with Gasteiger partial charge in [-0.25, -0.2) is 0 Å². The summed E-state index contributed by atoms with van der Waals surface area (Å²) in [4.78, 5) is 5.38. The first-order chi connectivity index (χ1) is 10.1. The Morgan fingerprint density at radius 2 is 2.00 bits per heavy atom. The molecule has 1 aromatic carbocycles. The van der Waals surface area contributed by atoms with Crippen molar-refractivity contribution >= 4 is 69.8 Å². The van der Waals surface area contributed by atoms with Crippen LogP contribution in [0.1, 0.15) is 5.69 Å². The number of halogens is 3. The summed E-state index contributed by atoms with van der Waals surface area (Å²) in [5, 5.41) is 5.43. The molecule has 1 N–H and O–H groups in total. The van der Waals surface area contributed by atoms with Crippen LogP contribution in [0.5, 0.6) is 5.88 Å². The molecule has 4 nitrogen and oxygen atoms in total. The van der Waals surface area contributed by atoms with E-state index in [1.165, 1.54) is 0 Å². The van der Waals surface area contributed by atoms with E-state index >= 15 is 0 Å². The molecule has 0 atom stereocenters. The number of hydrogen-bond donors (Lipinski definition) is 1. The van der Waals surface area contributed by atoms with Crippen LogP contribution >= 0.6 is 59.1 Å². The minimum Gasteiger partial charge on any atom is -0.480 e. The first-order valence-corrected chi connectivity index (χ1v) is 9.23. The third-order valence-corrected chi connectivity index (χ3v) is 5.42. The van der Waals surface area contributed by atoms with Crippen LogP contribution < -0.4 is 10.1 Å². The highest BCUT2D eigenvalue weighted by Crippen LogP contribution is 2.35. The average molecular weight is 496 g/mol. The van der Waals surface area contributed by atoms with Crippen LogP contribution in [0.2, 0.25) is 0 Å². The van der Waals surface area contributed by atoms with Crippen molar-refractivity contribution < 1.29 is 4.74 Å². The van der Waals surface area contributed by atoms with Gasteiger partial charge in [0.15, 0.2) is 4.96 Å². The van der Waals surface area contributed by atoms with Gasteiger partial charge < -0.3 is 10.1 Å². The first kappa shape index (κ1) is 15.3. The molecule has 2 heterocycles. The molecule has 3 rings (SSSR count). The summed E-state index contributed by atoms with van der Waals surface area (Å²) < 4.78 is 10.4. The van der Waals surface area contributed by atoms with Gasteiger partial charge in [-0.05, 0) is 44.0 Å². The lowest BCUT2D eigenvalue weighted by Crippen LogP contribution is -2.05. The van der Waals surface area contributed by atoms with E-state index in [1.54, 1.807) is 18.4 Å². The number of methoxy groups -OCH3 is 1.